The number of likely N-dealkylation sites (tertiary alicyclic amines) is 1. The van der Waals surface area contributed by atoms with Crippen molar-refractivity contribution in [2.75, 3.05) is 13.1 Å². The highest BCUT2D eigenvalue weighted by atomic mass is 16.3. The van der Waals surface area contributed by atoms with E-state index in [-0.39, 0.29) is 17.9 Å². The molecule has 1 heterocycles. The molecule has 1 fully saturated rings. The van der Waals surface area contributed by atoms with Crippen molar-refractivity contribution >= 4 is 11.8 Å². The number of rotatable bonds is 13. The van der Waals surface area contributed by atoms with E-state index in [0.717, 1.165) is 51.4 Å². The van der Waals surface area contributed by atoms with Crippen molar-refractivity contribution in [3.63, 3.8) is 0 Å². The molecule has 1 unspecified atom stereocenters. The number of hydrogen-bond acceptors (Lipinski definition) is 3. The van der Waals surface area contributed by atoms with Crippen LogP contribution in [0.15, 0.2) is 24.3 Å². The fourth-order valence-electron chi connectivity index (χ4n) is 3.31. The van der Waals surface area contributed by atoms with Gasteiger partial charge in [0, 0.05) is 25.9 Å². The van der Waals surface area contributed by atoms with Crippen molar-refractivity contribution in [3.05, 3.63) is 24.3 Å². The van der Waals surface area contributed by atoms with Crippen LogP contribution in [0, 0.1) is 0 Å². The molecule has 0 aromatic heterocycles. The summed E-state index contributed by atoms with van der Waals surface area (Å²) in [6, 6.07) is 0.0760. The van der Waals surface area contributed by atoms with Gasteiger partial charge in [-0.2, -0.15) is 0 Å². The van der Waals surface area contributed by atoms with Crippen molar-refractivity contribution in [3.8, 4) is 0 Å². The Bertz CT molecular complexity index is 488. The minimum absolute atomic E-state index is 0.0760. The Morgan fingerprint density at radius 3 is 2.85 bits per heavy atom. The van der Waals surface area contributed by atoms with Gasteiger partial charge in [-0.05, 0) is 39.0 Å². The van der Waals surface area contributed by atoms with E-state index in [9.17, 15) is 14.7 Å². The largest absolute Gasteiger partial charge is 0.389 e. The summed E-state index contributed by atoms with van der Waals surface area (Å²) in [6.45, 7) is 5.35. The molecular weight excluding hydrogens is 340 g/mol. The lowest BCUT2D eigenvalue weighted by molar-refractivity contribution is -0.134. The molecule has 0 radical (unpaired) electrons. The van der Waals surface area contributed by atoms with Crippen LogP contribution in [0.1, 0.15) is 78.1 Å². The zero-order chi connectivity index (χ0) is 19.9. The molecular formula is C22H38N2O3. The second-order valence-corrected chi connectivity index (χ2v) is 7.27. The van der Waals surface area contributed by atoms with Crippen LogP contribution in [0.4, 0.5) is 0 Å². The van der Waals surface area contributed by atoms with Gasteiger partial charge in [-0.1, -0.05) is 50.5 Å². The van der Waals surface area contributed by atoms with E-state index in [1.165, 1.54) is 0 Å². The lowest BCUT2D eigenvalue weighted by Crippen LogP contribution is -2.42. The quantitative estimate of drug-likeness (QED) is 0.379. The number of aliphatic hydroxyl groups is 1. The predicted octanol–water partition coefficient (Wildman–Crippen LogP) is 3.73. The maximum Gasteiger partial charge on any atom is 0.223 e. The standard InChI is InChI=1S/C22H38N2O3/c1-3-5-8-13-20(25)17-16-19-12-11-15-22(27)24(19)18-10-7-6-9-14-21(26)23-4-2/h7,10,16-17,19-20,25H,3-6,8-9,11-15,18H2,1-2H3,(H,23,26)/b10-7-,17-16+/t19-,20?/m1/s1. The number of aliphatic hydroxyl groups excluding tert-OH is 1. The zero-order valence-corrected chi connectivity index (χ0v) is 17.2. The molecule has 1 rings (SSSR count). The van der Waals surface area contributed by atoms with E-state index in [2.05, 4.69) is 18.3 Å². The fraction of sp³-hybridized carbons (Fsp3) is 0.727. The average Bonchev–Trinajstić information content (AvgIpc) is 2.64. The summed E-state index contributed by atoms with van der Waals surface area (Å²) >= 11 is 0. The monoisotopic (exact) mass is 378 g/mol. The third-order valence-electron chi connectivity index (χ3n) is 4.89. The van der Waals surface area contributed by atoms with Crippen molar-refractivity contribution in [1.29, 1.82) is 0 Å². The van der Waals surface area contributed by atoms with Gasteiger partial charge < -0.3 is 15.3 Å². The van der Waals surface area contributed by atoms with Crippen molar-refractivity contribution < 1.29 is 14.7 Å². The van der Waals surface area contributed by atoms with Crippen molar-refractivity contribution in [2.24, 2.45) is 0 Å². The van der Waals surface area contributed by atoms with Crippen LogP contribution in [-0.4, -0.2) is 47.1 Å². The topological polar surface area (TPSA) is 69.6 Å². The number of unbranched alkanes of at least 4 members (excludes halogenated alkanes) is 3. The lowest BCUT2D eigenvalue weighted by Gasteiger charge is -2.33. The van der Waals surface area contributed by atoms with E-state index >= 15 is 0 Å². The average molecular weight is 379 g/mol. The number of piperidine rings is 1. The van der Waals surface area contributed by atoms with E-state index in [1.807, 2.05) is 30.1 Å². The molecule has 5 nitrogen and oxygen atoms in total. The smallest absolute Gasteiger partial charge is 0.223 e. The maximum atomic E-state index is 12.3. The number of hydrogen-bond donors (Lipinski definition) is 2. The molecule has 2 amide bonds. The number of nitrogens with one attached hydrogen (secondary N) is 1. The molecule has 154 valence electrons. The molecule has 0 bridgehead atoms. The highest BCUT2D eigenvalue weighted by molar-refractivity contribution is 5.77. The fourth-order valence-corrected chi connectivity index (χ4v) is 3.31. The van der Waals surface area contributed by atoms with E-state index in [4.69, 9.17) is 0 Å². The maximum absolute atomic E-state index is 12.3. The summed E-state index contributed by atoms with van der Waals surface area (Å²) < 4.78 is 0. The summed E-state index contributed by atoms with van der Waals surface area (Å²) in [4.78, 5) is 25.6. The molecule has 0 spiro atoms. The van der Waals surface area contributed by atoms with E-state index in [0.29, 0.717) is 25.9 Å². The number of nitrogens with zero attached hydrogens (tertiary/aromatic N) is 1. The molecule has 0 aromatic carbocycles. The zero-order valence-electron chi connectivity index (χ0n) is 17.2. The van der Waals surface area contributed by atoms with Gasteiger partial charge in [0.1, 0.15) is 0 Å². The predicted molar refractivity (Wildman–Crippen MR) is 110 cm³/mol. The third kappa shape index (κ3) is 10.3. The molecule has 0 aromatic rings. The highest BCUT2D eigenvalue weighted by Gasteiger charge is 2.25. The molecule has 2 atom stereocenters. The molecule has 0 saturated carbocycles. The van der Waals surface area contributed by atoms with Crippen LogP contribution in [0.3, 0.4) is 0 Å². The Morgan fingerprint density at radius 2 is 2.11 bits per heavy atom. The molecule has 0 aliphatic carbocycles. The number of amides is 2. The number of carbonyl (C=O) groups excluding carboxylic acids is 2. The Kier molecular flexibility index (Phi) is 12.5. The Labute approximate surface area is 164 Å². The van der Waals surface area contributed by atoms with Crippen LogP contribution in [0.2, 0.25) is 0 Å². The van der Waals surface area contributed by atoms with E-state index < -0.39 is 6.10 Å². The van der Waals surface area contributed by atoms with Gasteiger partial charge in [0.05, 0.1) is 12.1 Å². The molecule has 5 heteroatoms. The second kappa shape index (κ2) is 14.4. The van der Waals surface area contributed by atoms with Gasteiger partial charge in [-0.25, -0.2) is 0 Å². The van der Waals surface area contributed by atoms with Gasteiger partial charge in [0.2, 0.25) is 11.8 Å². The molecule has 1 saturated heterocycles. The number of allylic oxidation sites excluding steroid dienone is 1. The van der Waals surface area contributed by atoms with Gasteiger partial charge in [0.15, 0.2) is 0 Å². The lowest BCUT2D eigenvalue weighted by atomic mass is 10.00. The van der Waals surface area contributed by atoms with Crippen LogP contribution in [0.25, 0.3) is 0 Å². The van der Waals surface area contributed by atoms with Gasteiger partial charge >= 0.3 is 0 Å². The first-order valence-electron chi connectivity index (χ1n) is 10.7. The van der Waals surface area contributed by atoms with Gasteiger partial charge in [-0.3, -0.25) is 9.59 Å². The summed E-state index contributed by atoms with van der Waals surface area (Å²) in [5, 5.41) is 12.9. The van der Waals surface area contributed by atoms with Gasteiger partial charge in [0.25, 0.3) is 0 Å². The molecule has 1 aliphatic rings. The summed E-state index contributed by atoms with van der Waals surface area (Å²) in [5.41, 5.74) is 0. The van der Waals surface area contributed by atoms with Crippen LogP contribution < -0.4 is 5.32 Å². The Morgan fingerprint density at radius 1 is 1.30 bits per heavy atom. The minimum atomic E-state index is -0.416. The normalized spacial score (nSPS) is 19.1. The summed E-state index contributed by atoms with van der Waals surface area (Å²) in [7, 11) is 0. The molecule has 1 aliphatic heterocycles. The summed E-state index contributed by atoms with van der Waals surface area (Å²) in [5.74, 6) is 0.281. The Balaban J connectivity index is 2.41. The van der Waals surface area contributed by atoms with Crippen LogP contribution in [-0.2, 0) is 9.59 Å². The summed E-state index contributed by atoms with van der Waals surface area (Å²) in [6.07, 6.45) is 16.3. The first kappa shape index (κ1) is 23.4. The van der Waals surface area contributed by atoms with E-state index in [1.54, 1.807) is 0 Å². The van der Waals surface area contributed by atoms with Crippen molar-refractivity contribution in [1.82, 2.24) is 10.2 Å². The SMILES string of the molecule is CCCCCC(O)/C=C/[C@H]1CCCC(=O)N1C/C=C\CCCC(=O)NCC. The first-order chi connectivity index (χ1) is 13.1. The third-order valence-corrected chi connectivity index (χ3v) is 4.89. The molecule has 27 heavy (non-hydrogen) atoms. The second-order valence-electron chi connectivity index (χ2n) is 7.27. The van der Waals surface area contributed by atoms with Crippen LogP contribution >= 0.6 is 0 Å². The minimum Gasteiger partial charge on any atom is -0.389 e. The molecule has 2 N–H and O–H groups in total. The van der Waals surface area contributed by atoms with Gasteiger partial charge in [-0.15, -0.1) is 0 Å². The number of carbonyl (C=O) groups is 2. The van der Waals surface area contributed by atoms with Crippen LogP contribution in [0.5, 0.6) is 0 Å². The Hall–Kier alpha value is -1.62. The first-order valence-corrected chi connectivity index (χ1v) is 10.7. The highest BCUT2D eigenvalue weighted by Crippen LogP contribution is 2.20. The van der Waals surface area contributed by atoms with Crippen molar-refractivity contribution in [2.45, 2.75) is 90.2 Å².